The fourth-order valence-electron chi connectivity index (χ4n) is 2.06. The van der Waals surface area contributed by atoms with Gasteiger partial charge >= 0.3 is 0 Å². The van der Waals surface area contributed by atoms with Crippen LogP contribution in [0, 0.1) is 0 Å². The summed E-state index contributed by atoms with van der Waals surface area (Å²) < 4.78 is 3.45. The molecule has 0 N–H and O–H groups in total. The molecule has 0 aliphatic carbocycles. The number of nitrogens with zero attached hydrogens (tertiary/aromatic N) is 5. The summed E-state index contributed by atoms with van der Waals surface area (Å²) in [5.41, 5.74) is 2.28. The summed E-state index contributed by atoms with van der Waals surface area (Å²) in [7, 11) is 3.65. The molecule has 0 atom stereocenters. The molecule has 2 aromatic heterocycles. The third-order valence-corrected chi connectivity index (χ3v) is 3.09. The van der Waals surface area contributed by atoms with Crippen LogP contribution in [-0.2, 0) is 20.5 Å². The van der Waals surface area contributed by atoms with Gasteiger partial charge in [-0.3, -0.25) is 9.48 Å². The van der Waals surface area contributed by atoms with E-state index in [1.807, 2.05) is 35.9 Å². The number of imidazole rings is 1. The van der Waals surface area contributed by atoms with E-state index in [-0.39, 0.29) is 12.2 Å². The molecule has 0 radical (unpaired) electrons. The van der Waals surface area contributed by atoms with Crippen LogP contribution in [-0.4, -0.2) is 30.3 Å². The van der Waals surface area contributed by atoms with E-state index in [1.165, 1.54) is 4.68 Å². The predicted octanol–water partition coefficient (Wildman–Crippen LogP) is 1.13. The third-order valence-electron chi connectivity index (χ3n) is 3.09. The highest BCUT2D eigenvalue weighted by atomic mass is 16.1. The van der Waals surface area contributed by atoms with Crippen molar-refractivity contribution in [3.05, 3.63) is 42.0 Å². The Morgan fingerprint density at radius 2 is 2.05 bits per heavy atom. The highest BCUT2D eigenvalue weighted by Gasteiger charge is 2.15. The van der Waals surface area contributed by atoms with Crippen molar-refractivity contribution >= 4 is 16.8 Å². The van der Waals surface area contributed by atoms with Gasteiger partial charge in [0.05, 0.1) is 23.7 Å². The zero-order chi connectivity index (χ0) is 13.4. The van der Waals surface area contributed by atoms with Crippen molar-refractivity contribution in [1.29, 1.82) is 0 Å². The first-order valence-electron chi connectivity index (χ1n) is 5.95. The number of carbonyl (C=O) groups excluding carboxylic acids is 1. The maximum Gasteiger partial charge on any atom is 0.192 e. The van der Waals surface area contributed by atoms with Gasteiger partial charge in [-0.15, -0.1) is 5.10 Å². The van der Waals surface area contributed by atoms with Crippen molar-refractivity contribution in [3.63, 3.8) is 0 Å². The minimum atomic E-state index is -0.0773. The molecule has 3 aromatic rings. The molecular formula is C13H13N5O. The molecule has 6 heteroatoms. The molecule has 0 saturated carbocycles. The van der Waals surface area contributed by atoms with E-state index in [0.717, 1.165) is 16.9 Å². The van der Waals surface area contributed by atoms with Crippen LogP contribution < -0.4 is 0 Å². The standard InChI is InChI=1S/C13H13N5O/c1-17-8-10(15-16-17)12(19)7-13-14-9-5-3-4-6-11(9)18(13)2/h3-6,8H,7H2,1-2H3. The second-order valence-electron chi connectivity index (χ2n) is 4.45. The van der Waals surface area contributed by atoms with E-state index in [4.69, 9.17) is 0 Å². The fraction of sp³-hybridized carbons (Fsp3) is 0.231. The Balaban J connectivity index is 1.93. The molecule has 0 saturated heterocycles. The number of carbonyl (C=O) groups is 1. The zero-order valence-corrected chi connectivity index (χ0v) is 10.7. The number of para-hydroxylation sites is 2. The van der Waals surface area contributed by atoms with E-state index < -0.39 is 0 Å². The number of aryl methyl sites for hydroxylation is 2. The zero-order valence-electron chi connectivity index (χ0n) is 10.7. The summed E-state index contributed by atoms with van der Waals surface area (Å²) in [6.07, 6.45) is 1.84. The van der Waals surface area contributed by atoms with Gasteiger partial charge in [0, 0.05) is 14.1 Å². The minimum absolute atomic E-state index is 0.0773. The van der Waals surface area contributed by atoms with E-state index in [1.54, 1.807) is 13.2 Å². The van der Waals surface area contributed by atoms with Crippen molar-refractivity contribution in [1.82, 2.24) is 24.5 Å². The van der Waals surface area contributed by atoms with Crippen LogP contribution in [0.3, 0.4) is 0 Å². The Morgan fingerprint density at radius 3 is 2.74 bits per heavy atom. The number of rotatable bonds is 3. The van der Waals surface area contributed by atoms with Crippen molar-refractivity contribution in [2.75, 3.05) is 0 Å². The fourth-order valence-corrected chi connectivity index (χ4v) is 2.06. The van der Waals surface area contributed by atoms with Crippen molar-refractivity contribution in [2.24, 2.45) is 14.1 Å². The number of benzene rings is 1. The van der Waals surface area contributed by atoms with E-state index >= 15 is 0 Å². The molecule has 0 aliphatic heterocycles. The van der Waals surface area contributed by atoms with Gasteiger partial charge in [-0.2, -0.15) is 0 Å². The molecule has 0 bridgehead atoms. The van der Waals surface area contributed by atoms with Crippen LogP contribution in [0.5, 0.6) is 0 Å². The topological polar surface area (TPSA) is 65.6 Å². The number of Topliss-reactive ketones (excluding diaryl/α,β-unsaturated/α-hetero) is 1. The third kappa shape index (κ3) is 2.01. The summed E-state index contributed by atoms with van der Waals surface area (Å²) >= 11 is 0. The Bertz CT molecular complexity index is 755. The lowest BCUT2D eigenvalue weighted by atomic mass is 10.2. The Kier molecular flexibility index (Phi) is 2.63. The number of fused-ring (bicyclic) bond motifs is 1. The maximum absolute atomic E-state index is 12.1. The Morgan fingerprint density at radius 1 is 1.26 bits per heavy atom. The predicted molar refractivity (Wildman–Crippen MR) is 69.8 cm³/mol. The van der Waals surface area contributed by atoms with Gasteiger partial charge in [0.2, 0.25) is 0 Å². The highest BCUT2D eigenvalue weighted by Crippen LogP contribution is 2.15. The average Bonchev–Trinajstić information content (AvgIpc) is 2.96. The van der Waals surface area contributed by atoms with Gasteiger partial charge < -0.3 is 4.57 Å². The minimum Gasteiger partial charge on any atom is -0.331 e. The van der Waals surface area contributed by atoms with Crippen molar-refractivity contribution in [3.8, 4) is 0 Å². The van der Waals surface area contributed by atoms with Gasteiger partial charge in [0.15, 0.2) is 5.78 Å². The lowest BCUT2D eigenvalue weighted by molar-refractivity contribution is 0.0985. The quantitative estimate of drug-likeness (QED) is 0.658. The Labute approximate surface area is 109 Å². The van der Waals surface area contributed by atoms with Crippen molar-refractivity contribution < 1.29 is 4.79 Å². The maximum atomic E-state index is 12.1. The summed E-state index contributed by atoms with van der Waals surface area (Å²) in [6, 6.07) is 7.81. The van der Waals surface area contributed by atoms with E-state index in [0.29, 0.717) is 5.69 Å². The molecule has 0 fully saturated rings. The van der Waals surface area contributed by atoms with Gasteiger partial charge in [-0.25, -0.2) is 4.98 Å². The van der Waals surface area contributed by atoms with Crippen molar-refractivity contribution in [2.45, 2.75) is 6.42 Å². The average molecular weight is 255 g/mol. The molecule has 3 rings (SSSR count). The normalized spacial score (nSPS) is 11.1. The molecule has 6 nitrogen and oxygen atoms in total. The molecule has 96 valence electrons. The number of hydrogen-bond donors (Lipinski definition) is 0. The molecule has 0 spiro atoms. The summed E-state index contributed by atoms with van der Waals surface area (Å²) in [5, 5.41) is 7.58. The number of aromatic nitrogens is 5. The van der Waals surface area contributed by atoms with Gasteiger partial charge in [-0.1, -0.05) is 17.3 Å². The van der Waals surface area contributed by atoms with Crippen LogP contribution in [0.1, 0.15) is 16.3 Å². The summed E-state index contributed by atoms with van der Waals surface area (Å²) in [6.45, 7) is 0. The smallest absolute Gasteiger partial charge is 0.192 e. The molecule has 0 amide bonds. The number of ketones is 1. The van der Waals surface area contributed by atoms with Crippen LogP contribution >= 0.6 is 0 Å². The van der Waals surface area contributed by atoms with Gasteiger partial charge in [-0.05, 0) is 12.1 Å². The molecule has 2 heterocycles. The lowest BCUT2D eigenvalue weighted by Crippen LogP contribution is -2.08. The SMILES string of the molecule is Cn1cc(C(=O)Cc2nc3ccccc3n2C)nn1. The molecule has 1 aromatic carbocycles. The number of hydrogen-bond acceptors (Lipinski definition) is 4. The molecular weight excluding hydrogens is 242 g/mol. The molecule has 0 unspecified atom stereocenters. The molecule has 19 heavy (non-hydrogen) atoms. The van der Waals surface area contributed by atoms with Crippen LogP contribution in [0.25, 0.3) is 11.0 Å². The summed E-state index contributed by atoms with van der Waals surface area (Å²) in [5.74, 6) is 0.656. The van der Waals surface area contributed by atoms with Gasteiger partial charge in [0.25, 0.3) is 0 Å². The summed E-state index contributed by atoms with van der Waals surface area (Å²) in [4.78, 5) is 16.6. The second kappa shape index (κ2) is 4.31. The van der Waals surface area contributed by atoms with E-state index in [2.05, 4.69) is 15.3 Å². The largest absolute Gasteiger partial charge is 0.331 e. The first-order valence-corrected chi connectivity index (χ1v) is 5.95. The van der Waals surface area contributed by atoms with Crippen LogP contribution in [0.2, 0.25) is 0 Å². The first kappa shape index (κ1) is 11.6. The van der Waals surface area contributed by atoms with E-state index in [9.17, 15) is 4.79 Å². The Hall–Kier alpha value is -2.50. The van der Waals surface area contributed by atoms with Crippen LogP contribution in [0.15, 0.2) is 30.5 Å². The molecule has 0 aliphatic rings. The van der Waals surface area contributed by atoms with Gasteiger partial charge in [0.1, 0.15) is 11.5 Å². The monoisotopic (exact) mass is 255 g/mol. The first-order chi connectivity index (χ1) is 9.15. The second-order valence-corrected chi connectivity index (χ2v) is 4.45. The van der Waals surface area contributed by atoms with Crippen LogP contribution in [0.4, 0.5) is 0 Å². The lowest BCUT2D eigenvalue weighted by Gasteiger charge is -1.99. The highest BCUT2D eigenvalue weighted by molar-refractivity contribution is 5.95.